The number of amides is 1. The summed E-state index contributed by atoms with van der Waals surface area (Å²) in [6, 6.07) is 5.34. The van der Waals surface area contributed by atoms with Crippen molar-refractivity contribution in [1.29, 1.82) is 0 Å². The number of pyridine rings is 1. The summed E-state index contributed by atoms with van der Waals surface area (Å²) in [7, 11) is 0. The number of halogens is 2. The van der Waals surface area contributed by atoms with Gasteiger partial charge in [0.25, 0.3) is 0 Å². The number of carbonyl (C=O) groups excluding carboxylic acids is 1. The Morgan fingerprint density at radius 3 is 2.57 bits per heavy atom. The Bertz CT molecular complexity index is 793. The van der Waals surface area contributed by atoms with E-state index in [0.717, 1.165) is 0 Å². The molecule has 0 bridgehead atoms. The molecular formula is C16H12F2N2O3. The third-order valence-corrected chi connectivity index (χ3v) is 3.91. The maximum absolute atomic E-state index is 15.1. The van der Waals surface area contributed by atoms with Gasteiger partial charge in [-0.15, -0.1) is 0 Å². The summed E-state index contributed by atoms with van der Waals surface area (Å²) < 4.78 is 38.5. The molecule has 1 aromatic carbocycles. The minimum atomic E-state index is -0.625. The summed E-state index contributed by atoms with van der Waals surface area (Å²) in [6.45, 7) is 0.863. The van der Waals surface area contributed by atoms with E-state index in [1.807, 2.05) is 0 Å². The van der Waals surface area contributed by atoms with Crippen LogP contribution in [0.4, 0.5) is 19.3 Å². The smallest absolute Gasteiger partial charge is 0.414 e. The second kappa shape index (κ2) is 5.19. The molecule has 2 aromatic rings. The highest BCUT2D eigenvalue weighted by Crippen LogP contribution is 2.40. The molecule has 0 atom stereocenters. The zero-order valence-corrected chi connectivity index (χ0v) is 12.0. The van der Waals surface area contributed by atoms with E-state index in [1.54, 1.807) is 0 Å². The summed E-state index contributed by atoms with van der Waals surface area (Å²) in [5.41, 5.74) is 1.15. The topological polar surface area (TPSA) is 51.7 Å². The monoisotopic (exact) mass is 318 g/mol. The number of ether oxygens (including phenoxy) is 2. The number of hydrogen-bond acceptors (Lipinski definition) is 4. The van der Waals surface area contributed by atoms with E-state index in [9.17, 15) is 9.18 Å². The number of aromatic nitrogens is 1. The lowest BCUT2D eigenvalue weighted by Gasteiger charge is -2.18. The lowest BCUT2D eigenvalue weighted by Crippen LogP contribution is -2.26. The quantitative estimate of drug-likeness (QED) is 0.854. The Kier molecular flexibility index (Phi) is 3.14. The van der Waals surface area contributed by atoms with Crippen LogP contribution in [-0.2, 0) is 11.2 Å². The fraction of sp³-hybridized carbons (Fsp3) is 0.250. The predicted octanol–water partition coefficient (Wildman–Crippen LogP) is 2.92. The van der Waals surface area contributed by atoms with Crippen LogP contribution >= 0.6 is 0 Å². The molecule has 3 heterocycles. The van der Waals surface area contributed by atoms with E-state index in [0.29, 0.717) is 30.0 Å². The molecule has 2 aliphatic heterocycles. The van der Waals surface area contributed by atoms with Crippen molar-refractivity contribution in [3.63, 3.8) is 0 Å². The van der Waals surface area contributed by atoms with E-state index >= 15 is 4.39 Å². The molecule has 0 radical (unpaired) electrons. The van der Waals surface area contributed by atoms with Gasteiger partial charge in [-0.2, -0.15) is 0 Å². The van der Waals surface area contributed by atoms with Gasteiger partial charge in [0.1, 0.15) is 18.1 Å². The standard InChI is InChI=1S/C16H12F2N2O3/c17-10-3-1-9(2-4-10)13-12(18)14(20-6-8-23-16(20)21)11-5-7-22-15(11)19-13/h1-4H,5-8H2. The highest BCUT2D eigenvalue weighted by molar-refractivity contribution is 5.92. The molecule has 1 saturated heterocycles. The maximum atomic E-state index is 15.1. The third kappa shape index (κ3) is 2.19. The molecule has 1 amide bonds. The van der Waals surface area contributed by atoms with Crippen LogP contribution in [-0.4, -0.2) is 30.8 Å². The lowest BCUT2D eigenvalue weighted by molar-refractivity contribution is 0.181. The van der Waals surface area contributed by atoms with Crippen molar-refractivity contribution >= 4 is 11.8 Å². The molecule has 0 saturated carbocycles. The Hall–Kier alpha value is -2.70. The second-order valence-electron chi connectivity index (χ2n) is 5.28. The van der Waals surface area contributed by atoms with Crippen LogP contribution < -0.4 is 9.64 Å². The van der Waals surface area contributed by atoms with Crippen LogP contribution in [0.15, 0.2) is 24.3 Å². The minimum absolute atomic E-state index is 0.0281. The molecule has 1 fully saturated rings. The fourth-order valence-electron chi connectivity index (χ4n) is 2.84. The molecule has 0 N–H and O–H groups in total. The Balaban J connectivity index is 1.91. The van der Waals surface area contributed by atoms with Gasteiger partial charge in [0.05, 0.1) is 18.8 Å². The molecule has 7 heteroatoms. The zero-order chi connectivity index (χ0) is 16.0. The van der Waals surface area contributed by atoms with Gasteiger partial charge >= 0.3 is 6.09 Å². The highest BCUT2D eigenvalue weighted by atomic mass is 19.1. The van der Waals surface area contributed by atoms with Crippen molar-refractivity contribution in [2.45, 2.75) is 6.42 Å². The second-order valence-corrected chi connectivity index (χ2v) is 5.28. The largest absolute Gasteiger partial charge is 0.477 e. The fourth-order valence-corrected chi connectivity index (χ4v) is 2.84. The number of carbonyl (C=O) groups is 1. The van der Waals surface area contributed by atoms with Crippen molar-refractivity contribution in [2.24, 2.45) is 0 Å². The Morgan fingerprint density at radius 2 is 1.87 bits per heavy atom. The summed E-state index contributed by atoms with van der Waals surface area (Å²) in [5.74, 6) is -0.741. The minimum Gasteiger partial charge on any atom is -0.477 e. The maximum Gasteiger partial charge on any atom is 0.414 e. The summed E-state index contributed by atoms with van der Waals surface area (Å²) in [5, 5.41) is 0. The molecule has 0 unspecified atom stereocenters. The SMILES string of the molecule is O=C1OCCN1c1c(F)c(-c2ccc(F)cc2)nc2c1CCO2. The summed E-state index contributed by atoms with van der Waals surface area (Å²) >= 11 is 0. The molecule has 5 nitrogen and oxygen atoms in total. The van der Waals surface area contributed by atoms with Gasteiger partial charge in [0.15, 0.2) is 5.82 Å². The van der Waals surface area contributed by atoms with Crippen molar-refractivity contribution in [3.8, 4) is 17.1 Å². The first-order chi connectivity index (χ1) is 11.1. The van der Waals surface area contributed by atoms with Crippen LogP contribution in [0.5, 0.6) is 5.88 Å². The van der Waals surface area contributed by atoms with E-state index in [1.165, 1.54) is 29.2 Å². The van der Waals surface area contributed by atoms with Crippen molar-refractivity contribution in [2.75, 3.05) is 24.7 Å². The molecule has 0 aliphatic carbocycles. The average molecular weight is 318 g/mol. The van der Waals surface area contributed by atoms with Crippen molar-refractivity contribution < 1.29 is 23.0 Å². The average Bonchev–Trinajstić information content (AvgIpc) is 3.17. The van der Waals surface area contributed by atoms with Gasteiger partial charge in [-0.3, -0.25) is 4.90 Å². The summed E-state index contributed by atoms with van der Waals surface area (Å²) in [6.07, 6.45) is -0.114. The lowest BCUT2D eigenvalue weighted by atomic mass is 10.1. The third-order valence-electron chi connectivity index (χ3n) is 3.91. The number of benzene rings is 1. The van der Waals surface area contributed by atoms with Gasteiger partial charge < -0.3 is 9.47 Å². The number of anilines is 1. The highest BCUT2D eigenvalue weighted by Gasteiger charge is 2.34. The van der Waals surface area contributed by atoms with Crippen molar-refractivity contribution in [3.05, 3.63) is 41.5 Å². The zero-order valence-electron chi connectivity index (χ0n) is 12.0. The van der Waals surface area contributed by atoms with Gasteiger partial charge in [0, 0.05) is 17.5 Å². The molecule has 4 rings (SSSR count). The van der Waals surface area contributed by atoms with Gasteiger partial charge in [-0.1, -0.05) is 0 Å². The number of nitrogens with zero attached hydrogens (tertiary/aromatic N) is 2. The molecule has 1 aromatic heterocycles. The first kappa shape index (κ1) is 13.9. The van der Waals surface area contributed by atoms with Gasteiger partial charge in [0.2, 0.25) is 5.88 Å². The number of rotatable bonds is 2. The Labute approximate surface area is 130 Å². The first-order valence-electron chi connectivity index (χ1n) is 7.20. The number of hydrogen-bond donors (Lipinski definition) is 0. The molecule has 0 spiro atoms. The van der Waals surface area contributed by atoms with Gasteiger partial charge in [-0.05, 0) is 24.3 Å². The number of cyclic esters (lactones) is 1. The predicted molar refractivity (Wildman–Crippen MR) is 77.5 cm³/mol. The molecule has 118 valence electrons. The van der Waals surface area contributed by atoms with Crippen LogP contribution in [0.2, 0.25) is 0 Å². The normalized spacial score (nSPS) is 16.3. The van der Waals surface area contributed by atoms with Crippen LogP contribution in [0.3, 0.4) is 0 Å². The first-order valence-corrected chi connectivity index (χ1v) is 7.20. The number of fused-ring (bicyclic) bond motifs is 1. The molecular weight excluding hydrogens is 306 g/mol. The van der Waals surface area contributed by atoms with E-state index in [-0.39, 0.29) is 24.5 Å². The Morgan fingerprint density at radius 1 is 1.09 bits per heavy atom. The van der Waals surface area contributed by atoms with E-state index < -0.39 is 17.7 Å². The summed E-state index contributed by atoms with van der Waals surface area (Å²) in [4.78, 5) is 17.3. The van der Waals surface area contributed by atoms with Crippen LogP contribution in [0.25, 0.3) is 11.3 Å². The van der Waals surface area contributed by atoms with E-state index in [4.69, 9.17) is 9.47 Å². The van der Waals surface area contributed by atoms with Gasteiger partial charge in [-0.25, -0.2) is 18.6 Å². The van der Waals surface area contributed by atoms with Crippen LogP contribution in [0, 0.1) is 11.6 Å². The molecule has 2 aliphatic rings. The van der Waals surface area contributed by atoms with E-state index in [2.05, 4.69) is 4.98 Å². The van der Waals surface area contributed by atoms with Crippen LogP contribution in [0.1, 0.15) is 5.56 Å². The van der Waals surface area contributed by atoms with Crippen molar-refractivity contribution in [1.82, 2.24) is 4.98 Å². The molecule has 23 heavy (non-hydrogen) atoms.